The van der Waals surface area contributed by atoms with Crippen LogP contribution >= 0.6 is 36.2 Å². The number of halogens is 2. The Hall–Kier alpha value is -1.08. The zero-order valence-electron chi connectivity index (χ0n) is 11.8. The zero-order chi connectivity index (χ0) is 13.7. The fourth-order valence-electron chi connectivity index (χ4n) is 1.64. The van der Waals surface area contributed by atoms with Crippen LogP contribution in [0.1, 0.15) is 11.5 Å². The number of aryl methyl sites for hydroxylation is 1. The van der Waals surface area contributed by atoms with E-state index in [4.69, 9.17) is 4.42 Å². The molecule has 8 heteroatoms. The molecule has 0 unspecified atom stereocenters. The largest absolute Gasteiger partial charge is 0.440 e. The normalized spacial score (nSPS) is 9.62. The number of likely N-dealkylation sites (N-methyl/N-ethyl adjacent to an activating group) is 1. The minimum Gasteiger partial charge on any atom is -0.440 e. The molecule has 0 spiro atoms. The van der Waals surface area contributed by atoms with Crippen LogP contribution in [0.5, 0.6) is 0 Å². The van der Waals surface area contributed by atoms with Crippen LogP contribution in [0.2, 0.25) is 0 Å². The van der Waals surface area contributed by atoms with Crippen LogP contribution in [0, 0.1) is 6.92 Å². The van der Waals surface area contributed by atoms with Crippen LogP contribution in [0.4, 0.5) is 0 Å². The molecule has 118 valence electrons. The summed E-state index contributed by atoms with van der Waals surface area (Å²) in [7, 11) is 1.85. The molecular formula is C13H19Cl2N3O2S. The first kappa shape index (κ1) is 19.9. The molecule has 21 heavy (non-hydrogen) atoms. The van der Waals surface area contributed by atoms with E-state index in [-0.39, 0.29) is 37.1 Å². The highest BCUT2D eigenvalue weighted by Gasteiger charge is 2.14. The fourth-order valence-corrected chi connectivity index (χ4v) is 2.29. The van der Waals surface area contributed by atoms with Crippen LogP contribution in [-0.4, -0.2) is 31.0 Å². The highest BCUT2D eigenvalue weighted by atomic mass is 35.5. The Balaban J connectivity index is 0.00000200. The zero-order valence-corrected chi connectivity index (χ0v) is 14.3. The summed E-state index contributed by atoms with van der Waals surface area (Å²) in [5, 5.41) is 7.77. The maximum absolute atomic E-state index is 11.7. The van der Waals surface area contributed by atoms with E-state index in [2.05, 4.69) is 15.6 Å². The van der Waals surface area contributed by atoms with Gasteiger partial charge in [-0.05, 0) is 25.4 Å². The van der Waals surface area contributed by atoms with Crippen molar-refractivity contribution in [3.05, 3.63) is 29.0 Å². The molecule has 0 aromatic carbocycles. The second kappa shape index (κ2) is 9.78. The summed E-state index contributed by atoms with van der Waals surface area (Å²) in [5.74, 6) is 1.25. The van der Waals surface area contributed by atoms with Gasteiger partial charge >= 0.3 is 0 Å². The van der Waals surface area contributed by atoms with Crippen molar-refractivity contribution in [2.24, 2.45) is 0 Å². The van der Waals surface area contributed by atoms with Crippen LogP contribution < -0.4 is 10.6 Å². The third-order valence-electron chi connectivity index (χ3n) is 2.65. The number of carbonyl (C=O) groups excluding carboxylic acids is 1. The number of hydrogen-bond donors (Lipinski definition) is 2. The van der Waals surface area contributed by atoms with Gasteiger partial charge in [-0.25, -0.2) is 4.98 Å². The van der Waals surface area contributed by atoms with Gasteiger partial charge in [0.1, 0.15) is 5.76 Å². The van der Waals surface area contributed by atoms with E-state index >= 15 is 0 Å². The Morgan fingerprint density at radius 3 is 2.76 bits per heavy atom. The van der Waals surface area contributed by atoms with Gasteiger partial charge in [0.25, 0.3) is 0 Å². The van der Waals surface area contributed by atoms with E-state index in [1.54, 1.807) is 11.3 Å². The van der Waals surface area contributed by atoms with Gasteiger partial charge in [0, 0.05) is 13.1 Å². The van der Waals surface area contributed by atoms with Crippen molar-refractivity contribution in [2.75, 3.05) is 20.1 Å². The molecule has 2 heterocycles. The predicted molar refractivity (Wildman–Crippen MR) is 89.7 cm³/mol. The first-order valence-corrected chi connectivity index (χ1v) is 7.00. The van der Waals surface area contributed by atoms with Crippen molar-refractivity contribution < 1.29 is 9.21 Å². The Morgan fingerprint density at radius 2 is 2.14 bits per heavy atom. The van der Waals surface area contributed by atoms with Gasteiger partial charge < -0.3 is 15.1 Å². The molecule has 2 rings (SSSR count). The quantitative estimate of drug-likeness (QED) is 0.784. The number of aromatic nitrogens is 1. The van der Waals surface area contributed by atoms with E-state index in [0.29, 0.717) is 23.9 Å². The van der Waals surface area contributed by atoms with E-state index in [9.17, 15) is 4.79 Å². The topological polar surface area (TPSA) is 67.2 Å². The van der Waals surface area contributed by atoms with Crippen molar-refractivity contribution in [3.63, 3.8) is 0 Å². The van der Waals surface area contributed by atoms with Gasteiger partial charge in [0.05, 0.1) is 17.0 Å². The average Bonchev–Trinajstić information content (AvgIpc) is 3.00. The lowest BCUT2D eigenvalue weighted by atomic mass is 10.2. The SMILES string of the molecule is CNCCNC(=O)Cc1nc(-c2cccs2)oc1C.Cl.Cl. The molecule has 0 aliphatic rings. The van der Waals surface area contributed by atoms with Crippen molar-refractivity contribution in [1.29, 1.82) is 0 Å². The van der Waals surface area contributed by atoms with Crippen LogP contribution in [0.25, 0.3) is 10.8 Å². The van der Waals surface area contributed by atoms with E-state index in [1.807, 2.05) is 31.5 Å². The van der Waals surface area contributed by atoms with E-state index in [1.165, 1.54) is 0 Å². The summed E-state index contributed by atoms with van der Waals surface area (Å²) < 4.78 is 5.59. The summed E-state index contributed by atoms with van der Waals surface area (Å²) >= 11 is 1.57. The molecule has 1 amide bonds. The summed E-state index contributed by atoms with van der Waals surface area (Å²) in [4.78, 5) is 17.1. The van der Waals surface area contributed by atoms with Crippen molar-refractivity contribution >= 4 is 42.1 Å². The molecule has 0 aliphatic heterocycles. The molecule has 5 nitrogen and oxygen atoms in total. The van der Waals surface area contributed by atoms with Gasteiger partial charge in [-0.15, -0.1) is 36.2 Å². The molecule has 0 bridgehead atoms. The first-order chi connectivity index (χ1) is 9.20. The van der Waals surface area contributed by atoms with Gasteiger partial charge in [-0.2, -0.15) is 0 Å². The molecule has 0 saturated carbocycles. The first-order valence-electron chi connectivity index (χ1n) is 6.12. The molecule has 2 aromatic rings. The monoisotopic (exact) mass is 351 g/mol. The number of hydrogen-bond acceptors (Lipinski definition) is 5. The van der Waals surface area contributed by atoms with Gasteiger partial charge in [-0.3, -0.25) is 4.79 Å². The van der Waals surface area contributed by atoms with E-state index < -0.39 is 0 Å². The highest BCUT2D eigenvalue weighted by molar-refractivity contribution is 7.13. The second-order valence-electron chi connectivity index (χ2n) is 4.13. The predicted octanol–water partition coefficient (Wildman–Crippen LogP) is 2.43. The van der Waals surface area contributed by atoms with Gasteiger partial charge in [0.15, 0.2) is 0 Å². The Morgan fingerprint density at radius 1 is 1.38 bits per heavy atom. The lowest BCUT2D eigenvalue weighted by molar-refractivity contribution is -0.120. The minimum absolute atomic E-state index is 0. The molecule has 0 radical (unpaired) electrons. The van der Waals surface area contributed by atoms with Crippen molar-refractivity contribution in [2.45, 2.75) is 13.3 Å². The number of nitrogens with zero attached hydrogens (tertiary/aromatic N) is 1. The molecule has 2 N–H and O–H groups in total. The Labute approximate surface area is 140 Å². The standard InChI is InChI=1S/C13H17N3O2S.2ClH/c1-9-10(8-12(17)15-6-5-14-2)16-13(18-9)11-4-3-7-19-11;;/h3-4,7,14H,5-6,8H2,1-2H3,(H,15,17);2*1H. The van der Waals surface area contributed by atoms with Gasteiger partial charge in [-0.1, -0.05) is 6.07 Å². The third-order valence-corrected chi connectivity index (χ3v) is 3.51. The molecule has 2 aromatic heterocycles. The maximum Gasteiger partial charge on any atom is 0.236 e. The Bertz CT molecular complexity index is 544. The molecule has 0 atom stereocenters. The van der Waals surface area contributed by atoms with Crippen molar-refractivity contribution in [3.8, 4) is 10.8 Å². The summed E-state index contributed by atoms with van der Waals surface area (Å²) in [6, 6.07) is 3.90. The number of oxazole rings is 1. The summed E-state index contributed by atoms with van der Waals surface area (Å²) in [6.07, 6.45) is 0.254. The molecule has 0 fully saturated rings. The summed E-state index contributed by atoms with van der Waals surface area (Å²) in [6.45, 7) is 3.20. The smallest absolute Gasteiger partial charge is 0.236 e. The fraction of sp³-hybridized carbons (Fsp3) is 0.385. The minimum atomic E-state index is -0.0376. The molecule has 0 aliphatic carbocycles. The highest BCUT2D eigenvalue weighted by Crippen LogP contribution is 2.25. The van der Waals surface area contributed by atoms with E-state index in [0.717, 1.165) is 11.4 Å². The van der Waals surface area contributed by atoms with Crippen molar-refractivity contribution in [1.82, 2.24) is 15.6 Å². The maximum atomic E-state index is 11.7. The summed E-state index contributed by atoms with van der Waals surface area (Å²) in [5.41, 5.74) is 0.699. The number of rotatable bonds is 6. The lowest BCUT2D eigenvalue weighted by Gasteiger charge is -2.02. The van der Waals surface area contributed by atoms with Crippen LogP contribution in [0.15, 0.2) is 21.9 Å². The lowest BCUT2D eigenvalue weighted by Crippen LogP contribution is -2.31. The Kier molecular flexibility index (Phi) is 9.28. The number of carbonyl (C=O) groups is 1. The van der Waals surface area contributed by atoms with Gasteiger partial charge in [0.2, 0.25) is 11.8 Å². The molecular weight excluding hydrogens is 333 g/mol. The number of amides is 1. The number of thiophene rings is 1. The molecule has 0 saturated heterocycles. The van der Waals surface area contributed by atoms with Crippen LogP contribution in [-0.2, 0) is 11.2 Å². The number of nitrogens with one attached hydrogen (secondary N) is 2. The third kappa shape index (κ3) is 5.67. The second-order valence-corrected chi connectivity index (χ2v) is 5.08. The van der Waals surface area contributed by atoms with Crippen LogP contribution in [0.3, 0.4) is 0 Å². The average molecular weight is 352 g/mol.